The summed E-state index contributed by atoms with van der Waals surface area (Å²) in [7, 11) is 0. The van der Waals surface area contributed by atoms with Crippen LogP contribution in [0.4, 0.5) is 0 Å². The minimum absolute atomic E-state index is 0.0177. The highest BCUT2D eigenvalue weighted by Crippen LogP contribution is 2.30. The smallest absolute Gasteiger partial charge is 0.342 e. The first-order valence-electron chi connectivity index (χ1n) is 8.07. The lowest BCUT2D eigenvalue weighted by Crippen LogP contribution is -2.49. The first-order valence-corrected chi connectivity index (χ1v) is 8.07. The van der Waals surface area contributed by atoms with Gasteiger partial charge in [-0.2, -0.15) is 0 Å². The summed E-state index contributed by atoms with van der Waals surface area (Å²) < 4.78 is 21.7. The number of hydrogen-bond acceptors (Lipinski definition) is 8. The van der Waals surface area contributed by atoms with Crippen molar-refractivity contribution in [2.45, 2.75) is 66.0 Å². The van der Waals surface area contributed by atoms with Crippen molar-refractivity contribution in [3.63, 3.8) is 0 Å². The van der Waals surface area contributed by atoms with E-state index in [4.69, 9.17) is 18.9 Å². The molecule has 1 atom stereocenters. The molecule has 24 heavy (non-hydrogen) atoms. The molecule has 0 saturated heterocycles. The Hall–Kier alpha value is -1.03. The minimum Gasteiger partial charge on any atom is -0.450 e. The van der Waals surface area contributed by atoms with Gasteiger partial charge < -0.3 is 34.3 Å². The highest BCUT2D eigenvalue weighted by molar-refractivity contribution is 5.91. The molecule has 0 aliphatic carbocycles. The van der Waals surface area contributed by atoms with E-state index in [2.05, 4.69) is 0 Å². The number of rotatable bonds is 11. The molecule has 0 spiro atoms. The summed E-state index contributed by atoms with van der Waals surface area (Å²) in [5.74, 6) is -5.85. The lowest BCUT2D eigenvalue weighted by atomic mass is 10.1. The molecule has 0 amide bonds. The fourth-order valence-corrected chi connectivity index (χ4v) is 2.17. The van der Waals surface area contributed by atoms with Gasteiger partial charge >= 0.3 is 17.9 Å². The van der Waals surface area contributed by atoms with Crippen LogP contribution < -0.4 is 0 Å². The molecular formula is C16H30O8. The third-order valence-electron chi connectivity index (χ3n) is 3.07. The number of carbonyl (C=O) groups is 1. The van der Waals surface area contributed by atoms with Crippen molar-refractivity contribution in [2.24, 2.45) is 0 Å². The van der Waals surface area contributed by atoms with E-state index < -0.39 is 24.0 Å². The molecule has 0 rings (SSSR count). The lowest BCUT2D eigenvalue weighted by Gasteiger charge is -2.35. The van der Waals surface area contributed by atoms with Crippen molar-refractivity contribution in [3.05, 3.63) is 11.1 Å². The number of allylic oxidation sites excluding steroid dienone is 1. The largest absolute Gasteiger partial charge is 0.450 e. The summed E-state index contributed by atoms with van der Waals surface area (Å²) in [6.07, 6.45) is -1.56. The number of aliphatic hydroxyl groups is 3. The van der Waals surface area contributed by atoms with E-state index in [1.54, 1.807) is 34.6 Å². The van der Waals surface area contributed by atoms with E-state index in [1.807, 2.05) is 0 Å². The quantitative estimate of drug-likeness (QED) is 0.288. The van der Waals surface area contributed by atoms with Gasteiger partial charge in [0.05, 0.1) is 0 Å². The topological polar surface area (TPSA) is 115 Å². The second kappa shape index (κ2) is 10.1. The Labute approximate surface area is 143 Å². The molecule has 0 bridgehead atoms. The monoisotopic (exact) mass is 350 g/mol. The Morgan fingerprint density at radius 1 is 0.917 bits per heavy atom. The summed E-state index contributed by atoms with van der Waals surface area (Å²) >= 11 is 0. The average Bonchev–Trinajstić information content (AvgIpc) is 2.44. The van der Waals surface area contributed by atoms with E-state index in [0.29, 0.717) is 5.57 Å². The molecule has 0 aromatic carbocycles. The van der Waals surface area contributed by atoms with Crippen LogP contribution in [0.15, 0.2) is 11.1 Å². The Balaban J connectivity index is 5.81. The second-order valence-electron chi connectivity index (χ2n) is 5.22. The molecule has 0 radical (unpaired) electrons. The number of carbonyl (C=O) groups excluding carboxylic acids is 1. The average molecular weight is 350 g/mol. The van der Waals surface area contributed by atoms with Gasteiger partial charge in [0.2, 0.25) is 0 Å². The molecule has 0 saturated carbocycles. The van der Waals surface area contributed by atoms with E-state index >= 15 is 0 Å². The van der Waals surface area contributed by atoms with Crippen molar-refractivity contribution in [2.75, 3.05) is 19.8 Å². The van der Waals surface area contributed by atoms with Gasteiger partial charge in [-0.3, -0.25) is 0 Å². The number of hydrogen-bond donors (Lipinski definition) is 3. The van der Waals surface area contributed by atoms with Crippen molar-refractivity contribution >= 4 is 5.97 Å². The summed E-state index contributed by atoms with van der Waals surface area (Å²) in [6, 6.07) is 0. The van der Waals surface area contributed by atoms with Crippen LogP contribution >= 0.6 is 0 Å². The zero-order chi connectivity index (χ0) is 19.0. The van der Waals surface area contributed by atoms with E-state index in [0.717, 1.165) is 0 Å². The Morgan fingerprint density at radius 3 is 1.58 bits per heavy atom. The van der Waals surface area contributed by atoms with Crippen LogP contribution in [-0.4, -0.2) is 59.2 Å². The molecule has 0 fully saturated rings. The lowest BCUT2D eigenvalue weighted by molar-refractivity contribution is -0.363. The van der Waals surface area contributed by atoms with Crippen LogP contribution in [-0.2, 0) is 23.7 Å². The highest BCUT2D eigenvalue weighted by atomic mass is 16.9. The maximum atomic E-state index is 12.6. The zero-order valence-corrected chi connectivity index (χ0v) is 15.3. The maximum Gasteiger partial charge on any atom is 0.342 e. The molecule has 1 unspecified atom stereocenters. The Bertz CT molecular complexity index is 403. The van der Waals surface area contributed by atoms with Crippen molar-refractivity contribution in [1.29, 1.82) is 0 Å². The second-order valence-corrected chi connectivity index (χ2v) is 5.22. The van der Waals surface area contributed by atoms with Gasteiger partial charge in [-0.15, -0.1) is 0 Å². The predicted octanol–water partition coefficient (Wildman–Crippen LogP) is 1.04. The van der Waals surface area contributed by atoms with Crippen LogP contribution in [0.1, 0.15) is 48.0 Å². The van der Waals surface area contributed by atoms with E-state index in [1.165, 1.54) is 6.92 Å². The molecule has 142 valence electrons. The van der Waals surface area contributed by atoms with Crippen LogP contribution in [0.3, 0.4) is 0 Å². The first kappa shape index (κ1) is 23.0. The van der Waals surface area contributed by atoms with Gasteiger partial charge in [0, 0.05) is 19.8 Å². The molecule has 8 nitrogen and oxygen atoms in total. The molecule has 8 heteroatoms. The molecule has 0 aliphatic rings. The van der Waals surface area contributed by atoms with Gasteiger partial charge in [-0.1, -0.05) is 12.5 Å². The Kier molecular flexibility index (Phi) is 9.64. The fourth-order valence-electron chi connectivity index (χ4n) is 2.17. The maximum absolute atomic E-state index is 12.6. The van der Waals surface area contributed by atoms with Crippen LogP contribution in [0.2, 0.25) is 0 Å². The molecule has 3 N–H and O–H groups in total. The predicted molar refractivity (Wildman–Crippen MR) is 85.5 cm³/mol. The third kappa shape index (κ3) is 6.12. The molecule has 0 aromatic heterocycles. The van der Waals surface area contributed by atoms with Crippen molar-refractivity contribution in [3.8, 4) is 0 Å². The Morgan fingerprint density at radius 2 is 1.33 bits per heavy atom. The van der Waals surface area contributed by atoms with Crippen LogP contribution in [0.5, 0.6) is 0 Å². The molecule has 0 aromatic rings. The highest BCUT2D eigenvalue weighted by Gasteiger charge is 2.45. The van der Waals surface area contributed by atoms with Crippen molar-refractivity contribution in [1.82, 2.24) is 0 Å². The number of ether oxygens (including phenoxy) is 4. The molecule has 0 heterocycles. The van der Waals surface area contributed by atoms with Gasteiger partial charge in [0.25, 0.3) is 0 Å². The SMILES string of the molecule is CCOC(OCC)(OCC)C(C(=O)OC(CC)C(O)(O)O)=C(C)C. The van der Waals surface area contributed by atoms with Crippen LogP contribution in [0, 0.1) is 0 Å². The summed E-state index contributed by atoms with van der Waals surface area (Å²) in [6.45, 7) is 10.6. The van der Waals surface area contributed by atoms with E-state index in [9.17, 15) is 20.1 Å². The van der Waals surface area contributed by atoms with E-state index in [-0.39, 0.29) is 31.8 Å². The zero-order valence-electron chi connectivity index (χ0n) is 15.3. The third-order valence-corrected chi connectivity index (χ3v) is 3.07. The molecular weight excluding hydrogens is 320 g/mol. The number of esters is 1. The standard InChI is InChI=1S/C16H30O8/c1-7-12(15(18,19)20)24-14(17)13(11(5)6)16(21-8-2,22-9-3)23-10-4/h12,18-20H,7-10H2,1-6H3. The normalized spacial score (nSPS) is 13.5. The first-order chi connectivity index (χ1) is 11.1. The van der Waals surface area contributed by atoms with Crippen LogP contribution in [0.25, 0.3) is 0 Å². The van der Waals surface area contributed by atoms with Gasteiger partial charge in [-0.05, 0) is 41.0 Å². The fraction of sp³-hybridized carbons (Fsp3) is 0.812. The molecule has 0 aliphatic heterocycles. The van der Waals surface area contributed by atoms with Gasteiger partial charge in [0.1, 0.15) is 5.57 Å². The van der Waals surface area contributed by atoms with Crippen molar-refractivity contribution < 1.29 is 39.1 Å². The summed E-state index contributed by atoms with van der Waals surface area (Å²) in [4.78, 5) is 12.6. The van der Waals surface area contributed by atoms with Gasteiger partial charge in [-0.25, -0.2) is 4.79 Å². The minimum atomic E-state index is -3.15. The van der Waals surface area contributed by atoms with Gasteiger partial charge in [0.15, 0.2) is 6.10 Å². The summed E-state index contributed by atoms with van der Waals surface area (Å²) in [5, 5.41) is 27.9. The summed E-state index contributed by atoms with van der Waals surface area (Å²) in [5.41, 5.74) is 0.459.